The molecule has 2 aromatic rings. The molecule has 7 heteroatoms. The van der Waals surface area contributed by atoms with Gasteiger partial charge in [0.05, 0.1) is 11.8 Å². The highest BCUT2D eigenvalue weighted by atomic mass is 32.2. The van der Waals surface area contributed by atoms with Crippen molar-refractivity contribution in [1.82, 2.24) is 8.87 Å². The minimum absolute atomic E-state index is 0.0788. The van der Waals surface area contributed by atoms with Crippen LogP contribution in [-0.4, -0.2) is 36.6 Å². The van der Waals surface area contributed by atoms with Crippen molar-refractivity contribution >= 4 is 20.8 Å². The normalized spacial score (nSPS) is 19.0. The third-order valence-corrected chi connectivity index (χ3v) is 5.56. The molecule has 1 fully saturated rings. The van der Waals surface area contributed by atoms with Crippen LogP contribution in [-0.2, 0) is 16.6 Å². The minimum Gasteiger partial charge on any atom is -0.313 e. The number of fused-ring (bicyclic) bond motifs is 1. The van der Waals surface area contributed by atoms with Gasteiger partial charge in [0, 0.05) is 36.6 Å². The van der Waals surface area contributed by atoms with E-state index in [0.29, 0.717) is 42.4 Å². The van der Waals surface area contributed by atoms with E-state index in [1.165, 1.54) is 15.1 Å². The molecule has 0 spiro atoms. The number of benzene rings is 1. The third-order valence-electron chi connectivity index (χ3n) is 4.29. The Morgan fingerprint density at radius 1 is 1.30 bits per heavy atom. The van der Waals surface area contributed by atoms with Crippen molar-refractivity contribution in [3.05, 3.63) is 46.4 Å². The zero-order chi connectivity index (χ0) is 16.6. The molecule has 23 heavy (non-hydrogen) atoms. The van der Waals surface area contributed by atoms with Crippen molar-refractivity contribution in [3.63, 3.8) is 0 Å². The molecule has 1 atom stereocenters. The van der Waals surface area contributed by atoms with Crippen LogP contribution in [0.1, 0.15) is 12.0 Å². The quantitative estimate of drug-likeness (QED) is 0.845. The SMILES string of the molecule is CS(=O)(=O)N1CCC(Cn2cc(C#N)c3ccccc3c2=O)C1. The highest BCUT2D eigenvalue weighted by Crippen LogP contribution is 2.21. The molecule has 0 aliphatic carbocycles. The molecule has 0 amide bonds. The summed E-state index contributed by atoms with van der Waals surface area (Å²) in [5.74, 6) is 0.0788. The van der Waals surface area contributed by atoms with Crippen LogP contribution >= 0.6 is 0 Å². The van der Waals surface area contributed by atoms with Crippen LogP contribution in [0, 0.1) is 17.2 Å². The zero-order valence-corrected chi connectivity index (χ0v) is 13.6. The molecule has 1 aliphatic rings. The fraction of sp³-hybridized carbons (Fsp3) is 0.375. The van der Waals surface area contributed by atoms with Crippen molar-refractivity contribution in [2.75, 3.05) is 19.3 Å². The molecule has 0 saturated carbocycles. The molecular weight excluding hydrogens is 314 g/mol. The van der Waals surface area contributed by atoms with E-state index < -0.39 is 10.0 Å². The lowest BCUT2D eigenvalue weighted by atomic mass is 10.1. The van der Waals surface area contributed by atoms with E-state index in [9.17, 15) is 18.5 Å². The van der Waals surface area contributed by atoms with Gasteiger partial charge in [-0.3, -0.25) is 4.79 Å². The molecule has 0 N–H and O–H groups in total. The lowest BCUT2D eigenvalue weighted by molar-refractivity contribution is 0.428. The lowest BCUT2D eigenvalue weighted by Gasteiger charge is -2.15. The van der Waals surface area contributed by atoms with E-state index in [1.807, 2.05) is 0 Å². The van der Waals surface area contributed by atoms with E-state index in [1.54, 1.807) is 30.5 Å². The zero-order valence-electron chi connectivity index (χ0n) is 12.8. The number of sulfonamides is 1. The maximum absolute atomic E-state index is 12.6. The number of aromatic nitrogens is 1. The molecule has 1 aromatic heterocycles. The second kappa shape index (κ2) is 5.80. The van der Waals surface area contributed by atoms with Crippen molar-refractivity contribution in [1.29, 1.82) is 5.26 Å². The van der Waals surface area contributed by atoms with E-state index in [4.69, 9.17) is 0 Å². The number of nitrogens with zero attached hydrogens (tertiary/aromatic N) is 3. The van der Waals surface area contributed by atoms with Crippen molar-refractivity contribution < 1.29 is 8.42 Å². The van der Waals surface area contributed by atoms with Crippen LogP contribution in [0.4, 0.5) is 0 Å². The summed E-state index contributed by atoms with van der Waals surface area (Å²) in [5, 5.41) is 10.5. The first-order valence-electron chi connectivity index (χ1n) is 7.37. The standard InChI is InChI=1S/C16H17N3O3S/c1-23(21,22)19-7-6-12(10-19)9-18-11-13(8-17)14-4-2-3-5-15(14)16(18)20/h2-5,11-12H,6-7,9-10H2,1H3. The molecular formula is C16H17N3O3S. The van der Waals surface area contributed by atoms with Gasteiger partial charge < -0.3 is 4.57 Å². The average molecular weight is 331 g/mol. The average Bonchev–Trinajstić information content (AvgIpc) is 2.99. The van der Waals surface area contributed by atoms with Gasteiger partial charge >= 0.3 is 0 Å². The van der Waals surface area contributed by atoms with Crippen molar-refractivity contribution in [2.45, 2.75) is 13.0 Å². The summed E-state index contributed by atoms with van der Waals surface area (Å²) < 4.78 is 26.2. The fourth-order valence-corrected chi connectivity index (χ4v) is 4.01. The van der Waals surface area contributed by atoms with Gasteiger partial charge in [-0.25, -0.2) is 12.7 Å². The molecule has 2 heterocycles. The van der Waals surface area contributed by atoms with E-state index in [0.717, 1.165) is 0 Å². The number of hydrogen-bond acceptors (Lipinski definition) is 4. The lowest BCUT2D eigenvalue weighted by Crippen LogP contribution is -2.29. The largest absolute Gasteiger partial charge is 0.313 e. The number of rotatable bonds is 3. The Kier molecular flexibility index (Phi) is 3.96. The molecule has 120 valence electrons. The van der Waals surface area contributed by atoms with Crippen LogP contribution in [0.2, 0.25) is 0 Å². The van der Waals surface area contributed by atoms with Gasteiger partial charge in [0.2, 0.25) is 10.0 Å². The Balaban J connectivity index is 1.95. The summed E-state index contributed by atoms with van der Waals surface area (Å²) in [5.41, 5.74) is 0.315. The van der Waals surface area contributed by atoms with Gasteiger partial charge in [-0.2, -0.15) is 5.26 Å². The fourth-order valence-electron chi connectivity index (χ4n) is 3.09. The Bertz CT molecular complexity index is 957. The summed E-state index contributed by atoms with van der Waals surface area (Å²) in [6.07, 6.45) is 3.49. The van der Waals surface area contributed by atoms with Crippen molar-refractivity contribution in [2.24, 2.45) is 5.92 Å². The first-order chi connectivity index (χ1) is 10.9. The minimum atomic E-state index is -3.19. The first kappa shape index (κ1) is 15.7. The smallest absolute Gasteiger partial charge is 0.258 e. The maximum atomic E-state index is 12.6. The molecule has 0 radical (unpaired) electrons. The maximum Gasteiger partial charge on any atom is 0.258 e. The highest BCUT2D eigenvalue weighted by Gasteiger charge is 2.29. The molecule has 6 nitrogen and oxygen atoms in total. The van der Waals surface area contributed by atoms with Gasteiger partial charge in [0.25, 0.3) is 5.56 Å². The Hall–Kier alpha value is -2.17. The monoisotopic (exact) mass is 331 g/mol. The van der Waals surface area contributed by atoms with Gasteiger partial charge in [-0.1, -0.05) is 18.2 Å². The number of pyridine rings is 1. The topological polar surface area (TPSA) is 83.2 Å². The second-order valence-corrected chi connectivity index (χ2v) is 7.92. The number of nitriles is 1. The van der Waals surface area contributed by atoms with Gasteiger partial charge in [-0.05, 0) is 18.4 Å². The molecule has 1 unspecified atom stereocenters. The van der Waals surface area contributed by atoms with Crippen LogP contribution in [0.25, 0.3) is 10.8 Å². The summed E-state index contributed by atoms with van der Waals surface area (Å²) >= 11 is 0. The predicted octanol–water partition coefficient (Wildman–Crippen LogP) is 1.15. The molecule has 1 aromatic carbocycles. The van der Waals surface area contributed by atoms with Crippen LogP contribution in [0.15, 0.2) is 35.3 Å². The van der Waals surface area contributed by atoms with Gasteiger partial charge in [0.15, 0.2) is 0 Å². The highest BCUT2D eigenvalue weighted by molar-refractivity contribution is 7.88. The van der Waals surface area contributed by atoms with Gasteiger partial charge in [-0.15, -0.1) is 0 Å². The molecule has 0 bridgehead atoms. The Morgan fingerprint density at radius 3 is 2.61 bits per heavy atom. The third kappa shape index (κ3) is 3.00. The first-order valence-corrected chi connectivity index (χ1v) is 9.22. The molecule has 1 saturated heterocycles. The van der Waals surface area contributed by atoms with Crippen LogP contribution in [0.5, 0.6) is 0 Å². The summed E-state index contributed by atoms with van der Waals surface area (Å²) in [6.45, 7) is 1.32. The summed E-state index contributed by atoms with van der Waals surface area (Å²) in [7, 11) is -3.19. The second-order valence-electron chi connectivity index (χ2n) is 5.93. The van der Waals surface area contributed by atoms with Crippen molar-refractivity contribution in [3.8, 4) is 6.07 Å². The molecule has 3 rings (SSSR count). The molecule has 1 aliphatic heterocycles. The van der Waals surface area contributed by atoms with E-state index in [2.05, 4.69) is 6.07 Å². The van der Waals surface area contributed by atoms with Crippen LogP contribution in [0.3, 0.4) is 0 Å². The Labute approximate surface area is 134 Å². The van der Waals surface area contributed by atoms with E-state index >= 15 is 0 Å². The number of hydrogen-bond donors (Lipinski definition) is 0. The predicted molar refractivity (Wildman–Crippen MR) is 87.4 cm³/mol. The van der Waals surface area contributed by atoms with Crippen LogP contribution < -0.4 is 5.56 Å². The Morgan fingerprint density at radius 2 is 2.00 bits per heavy atom. The summed E-state index contributed by atoms with van der Waals surface area (Å²) in [6, 6.07) is 9.18. The van der Waals surface area contributed by atoms with Gasteiger partial charge in [0.1, 0.15) is 6.07 Å². The van der Waals surface area contributed by atoms with E-state index in [-0.39, 0.29) is 11.5 Å². The summed E-state index contributed by atoms with van der Waals surface area (Å²) in [4.78, 5) is 12.6.